The maximum atomic E-state index is 12.1. The van der Waals surface area contributed by atoms with Crippen LogP contribution < -0.4 is 5.32 Å². The van der Waals surface area contributed by atoms with Crippen LogP contribution in [0.1, 0.15) is 33.4 Å². The Morgan fingerprint density at radius 2 is 2.10 bits per heavy atom. The predicted octanol–water partition coefficient (Wildman–Crippen LogP) is 3.45. The standard InChI is InChI=1S/C14H12ClNO4/c1-2-11-8(6-7-20-11)13(17)16-10-5-3-4-9(15)12(10)14(18)19/h3-7H,2H2,1H3,(H,16,17)(H,18,19). The highest BCUT2D eigenvalue weighted by Gasteiger charge is 2.19. The monoisotopic (exact) mass is 293 g/mol. The molecule has 1 amide bonds. The zero-order chi connectivity index (χ0) is 14.7. The fourth-order valence-electron chi connectivity index (χ4n) is 1.85. The van der Waals surface area contributed by atoms with Crippen LogP contribution in [0.3, 0.4) is 0 Å². The molecule has 104 valence electrons. The van der Waals surface area contributed by atoms with Crippen molar-refractivity contribution < 1.29 is 19.1 Å². The lowest BCUT2D eigenvalue weighted by molar-refractivity contribution is 0.0698. The van der Waals surface area contributed by atoms with Crippen LogP contribution in [0.15, 0.2) is 34.9 Å². The Morgan fingerprint density at radius 3 is 2.75 bits per heavy atom. The van der Waals surface area contributed by atoms with Gasteiger partial charge in [-0.15, -0.1) is 0 Å². The van der Waals surface area contributed by atoms with E-state index >= 15 is 0 Å². The second kappa shape index (κ2) is 5.79. The number of aryl methyl sites for hydroxylation is 1. The van der Waals surface area contributed by atoms with Gasteiger partial charge in [0.1, 0.15) is 11.3 Å². The Labute approximate surface area is 120 Å². The third-order valence-electron chi connectivity index (χ3n) is 2.79. The number of furan rings is 1. The van der Waals surface area contributed by atoms with E-state index in [0.29, 0.717) is 17.7 Å². The summed E-state index contributed by atoms with van der Waals surface area (Å²) >= 11 is 5.84. The first-order valence-electron chi connectivity index (χ1n) is 5.94. The van der Waals surface area contributed by atoms with Gasteiger partial charge in [-0.2, -0.15) is 0 Å². The van der Waals surface area contributed by atoms with Crippen LogP contribution in [0.4, 0.5) is 5.69 Å². The molecule has 1 aromatic heterocycles. The Morgan fingerprint density at radius 1 is 1.35 bits per heavy atom. The summed E-state index contributed by atoms with van der Waals surface area (Å²) in [6.45, 7) is 1.86. The van der Waals surface area contributed by atoms with E-state index in [4.69, 9.17) is 21.1 Å². The number of carboxylic acid groups (broad SMARTS) is 1. The Hall–Kier alpha value is -2.27. The van der Waals surface area contributed by atoms with Gasteiger partial charge in [-0.1, -0.05) is 24.6 Å². The van der Waals surface area contributed by atoms with E-state index in [1.165, 1.54) is 18.4 Å². The summed E-state index contributed by atoms with van der Waals surface area (Å²) in [5, 5.41) is 11.7. The molecule has 1 heterocycles. The molecule has 0 fully saturated rings. The van der Waals surface area contributed by atoms with Crippen molar-refractivity contribution in [1.29, 1.82) is 0 Å². The summed E-state index contributed by atoms with van der Waals surface area (Å²) in [4.78, 5) is 23.3. The molecule has 0 radical (unpaired) electrons. The van der Waals surface area contributed by atoms with Gasteiger partial charge in [0.25, 0.3) is 5.91 Å². The second-order valence-corrected chi connectivity index (χ2v) is 4.44. The molecule has 2 aromatic rings. The number of amides is 1. The summed E-state index contributed by atoms with van der Waals surface area (Å²) in [5.41, 5.74) is 0.395. The zero-order valence-electron chi connectivity index (χ0n) is 10.6. The molecule has 0 unspecified atom stereocenters. The van der Waals surface area contributed by atoms with E-state index in [2.05, 4.69) is 5.32 Å². The highest BCUT2D eigenvalue weighted by atomic mass is 35.5. The Balaban J connectivity index is 2.33. The fraction of sp³-hybridized carbons (Fsp3) is 0.143. The molecule has 1 aromatic carbocycles. The van der Waals surface area contributed by atoms with Gasteiger partial charge in [0.05, 0.1) is 22.5 Å². The summed E-state index contributed by atoms with van der Waals surface area (Å²) in [6.07, 6.45) is 1.99. The van der Waals surface area contributed by atoms with E-state index in [-0.39, 0.29) is 16.3 Å². The normalized spacial score (nSPS) is 10.3. The quantitative estimate of drug-likeness (QED) is 0.905. The minimum Gasteiger partial charge on any atom is -0.478 e. The zero-order valence-corrected chi connectivity index (χ0v) is 11.4. The molecule has 6 heteroatoms. The summed E-state index contributed by atoms with van der Waals surface area (Å²) in [6, 6.07) is 6.05. The number of carbonyl (C=O) groups is 2. The molecule has 20 heavy (non-hydrogen) atoms. The van der Waals surface area contributed by atoms with Crippen LogP contribution >= 0.6 is 11.6 Å². The summed E-state index contributed by atoms with van der Waals surface area (Å²) in [7, 11) is 0. The third kappa shape index (κ3) is 2.67. The molecule has 0 aliphatic carbocycles. The molecular weight excluding hydrogens is 282 g/mol. The largest absolute Gasteiger partial charge is 0.478 e. The average molecular weight is 294 g/mol. The first-order valence-corrected chi connectivity index (χ1v) is 6.32. The van der Waals surface area contributed by atoms with E-state index in [0.717, 1.165) is 0 Å². The third-order valence-corrected chi connectivity index (χ3v) is 3.10. The van der Waals surface area contributed by atoms with Gasteiger partial charge in [-0.3, -0.25) is 4.79 Å². The van der Waals surface area contributed by atoms with E-state index in [9.17, 15) is 9.59 Å². The van der Waals surface area contributed by atoms with Crippen LogP contribution in [0, 0.1) is 0 Å². The lowest BCUT2D eigenvalue weighted by Crippen LogP contribution is -2.15. The Kier molecular flexibility index (Phi) is 4.10. The topological polar surface area (TPSA) is 79.5 Å². The molecule has 0 spiro atoms. The van der Waals surface area contributed by atoms with Gasteiger partial charge in [0.2, 0.25) is 0 Å². The number of nitrogens with one attached hydrogen (secondary N) is 1. The first kappa shape index (κ1) is 14.1. The molecule has 0 aliphatic heterocycles. The van der Waals surface area contributed by atoms with E-state index in [1.807, 2.05) is 6.92 Å². The number of hydrogen-bond acceptors (Lipinski definition) is 3. The molecule has 0 atom stereocenters. The lowest BCUT2D eigenvalue weighted by Gasteiger charge is -2.09. The van der Waals surface area contributed by atoms with Crippen molar-refractivity contribution in [3.8, 4) is 0 Å². The molecule has 0 aliphatic rings. The molecule has 0 bridgehead atoms. The van der Waals surface area contributed by atoms with Crippen LogP contribution in [-0.2, 0) is 6.42 Å². The molecular formula is C14H12ClNO4. The van der Waals surface area contributed by atoms with Crippen molar-refractivity contribution in [3.63, 3.8) is 0 Å². The number of carbonyl (C=O) groups excluding carboxylic acids is 1. The average Bonchev–Trinajstić information content (AvgIpc) is 2.86. The smallest absolute Gasteiger partial charge is 0.339 e. The van der Waals surface area contributed by atoms with E-state index in [1.54, 1.807) is 12.1 Å². The maximum Gasteiger partial charge on any atom is 0.339 e. The minimum absolute atomic E-state index is 0.0678. The number of rotatable bonds is 4. The van der Waals surface area contributed by atoms with Gasteiger partial charge < -0.3 is 14.8 Å². The highest BCUT2D eigenvalue weighted by molar-refractivity contribution is 6.34. The van der Waals surface area contributed by atoms with Crippen LogP contribution in [0.5, 0.6) is 0 Å². The van der Waals surface area contributed by atoms with Gasteiger partial charge in [0, 0.05) is 6.42 Å². The number of hydrogen-bond donors (Lipinski definition) is 2. The fourth-order valence-corrected chi connectivity index (χ4v) is 2.11. The van der Waals surface area contributed by atoms with Crippen molar-refractivity contribution in [2.24, 2.45) is 0 Å². The van der Waals surface area contributed by atoms with Gasteiger partial charge in [-0.25, -0.2) is 4.79 Å². The van der Waals surface area contributed by atoms with Crippen molar-refractivity contribution in [1.82, 2.24) is 0 Å². The number of aromatic carboxylic acids is 1. The number of halogens is 1. The van der Waals surface area contributed by atoms with Gasteiger partial charge >= 0.3 is 5.97 Å². The lowest BCUT2D eigenvalue weighted by atomic mass is 10.1. The van der Waals surface area contributed by atoms with E-state index < -0.39 is 11.9 Å². The Bertz CT molecular complexity index is 663. The number of carboxylic acids is 1. The van der Waals surface area contributed by atoms with Gasteiger partial charge in [-0.05, 0) is 18.2 Å². The SMILES string of the molecule is CCc1occc1C(=O)Nc1cccc(Cl)c1C(=O)O. The molecule has 2 N–H and O–H groups in total. The maximum absolute atomic E-state index is 12.1. The molecule has 0 saturated carbocycles. The van der Waals surface area contributed by atoms with Gasteiger partial charge in [0.15, 0.2) is 0 Å². The molecule has 0 saturated heterocycles. The van der Waals surface area contributed by atoms with Crippen LogP contribution in [0.25, 0.3) is 0 Å². The van der Waals surface area contributed by atoms with Crippen LogP contribution in [0.2, 0.25) is 5.02 Å². The first-order chi connectivity index (χ1) is 9.54. The molecule has 2 rings (SSSR count). The molecule has 5 nitrogen and oxygen atoms in total. The van der Waals surface area contributed by atoms with Crippen molar-refractivity contribution in [2.45, 2.75) is 13.3 Å². The summed E-state index contributed by atoms with van der Waals surface area (Å²) in [5.74, 6) is -1.09. The second-order valence-electron chi connectivity index (χ2n) is 4.03. The van der Waals surface area contributed by atoms with Crippen LogP contribution in [-0.4, -0.2) is 17.0 Å². The van der Waals surface area contributed by atoms with Crippen molar-refractivity contribution in [2.75, 3.05) is 5.32 Å². The van der Waals surface area contributed by atoms with Crippen molar-refractivity contribution in [3.05, 3.63) is 52.4 Å². The summed E-state index contributed by atoms with van der Waals surface area (Å²) < 4.78 is 5.17. The highest BCUT2D eigenvalue weighted by Crippen LogP contribution is 2.25. The van der Waals surface area contributed by atoms with Crippen molar-refractivity contribution >= 4 is 29.2 Å². The number of anilines is 1. The number of benzene rings is 1. The predicted molar refractivity (Wildman–Crippen MR) is 74.5 cm³/mol. The minimum atomic E-state index is -1.20.